The van der Waals surface area contributed by atoms with Crippen molar-refractivity contribution in [3.05, 3.63) is 83.4 Å². The van der Waals surface area contributed by atoms with Crippen molar-refractivity contribution in [1.82, 2.24) is 4.98 Å². The van der Waals surface area contributed by atoms with E-state index in [-0.39, 0.29) is 17.2 Å². The SMILES string of the molecule is O=C(O)c1ccncc1NCC1CCCc2cc(Oc3ccccc3F)ccc21. The highest BCUT2D eigenvalue weighted by Crippen LogP contribution is 2.35. The Hall–Kier alpha value is -3.41. The summed E-state index contributed by atoms with van der Waals surface area (Å²) in [7, 11) is 0. The van der Waals surface area contributed by atoms with Gasteiger partial charge in [0.15, 0.2) is 11.6 Å². The summed E-state index contributed by atoms with van der Waals surface area (Å²) in [5, 5.41) is 12.6. The van der Waals surface area contributed by atoms with Gasteiger partial charge < -0.3 is 15.2 Å². The number of hydrogen-bond acceptors (Lipinski definition) is 4. The van der Waals surface area contributed by atoms with Crippen LogP contribution in [0.4, 0.5) is 10.1 Å². The molecular weight excluding hydrogens is 371 g/mol. The topological polar surface area (TPSA) is 71.5 Å². The molecule has 1 heterocycles. The van der Waals surface area contributed by atoms with Gasteiger partial charge in [0.25, 0.3) is 0 Å². The number of halogens is 1. The van der Waals surface area contributed by atoms with Gasteiger partial charge in [0.1, 0.15) is 5.75 Å². The summed E-state index contributed by atoms with van der Waals surface area (Å²) in [6.07, 6.45) is 5.99. The molecule has 6 heteroatoms. The molecule has 0 fully saturated rings. The molecule has 0 radical (unpaired) electrons. The fraction of sp³-hybridized carbons (Fsp3) is 0.217. The Kier molecular flexibility index (Phi) is 5.42. The first-order valence-electron chi connectivity index (χ1n) is 9.58. The predicted octanol–water partition coefficient (Wildman–Crippen LogP) is 5.24. The molecule has 1 aliphatic rings. The first-order chi connectivity index (χ1) is 14.1. The van der Waals surface area contributed by atoms with E-state index in [1.54, 1.807) is 24.4 Å². The highest BCUT2D eigenvalue weighted by molar-refractivity contribution is 5.93. The van der Waals surface area contributed by atoms with Gasteiger partial charge in [-0.15, -0.1) is 0 Å². The minimum absolute atomic E-state index is 0.208. The second kappa shape index (κ2) is 8.31. The molecule has 0 saturated heterocycles. The fourth-order valence-corrected chi connectivity index (χ4v) is 3.78. The Morgan fingerprint density at radius 1 is 1.24 bits per heavy atom. The molecule has 0 spiro atoms. The van der Waals surface area contributed by atoms with Crippen molar-refractivity contribution in [2.24, 2.45) is 0 Å². The molecule has 1 aromatic heterocycles. The molecule has 1 aliphatic carbocycles. The van der Waals surface area contributed by atoms with E-state index < -0.39 is 11.8 Å². The van der Waals surface area contributed by atoms with Crippen LogP contribution in [0.5, 0.6) is 11.5 Å². The van der Waals surface area contributed by atoms with Crippen LogP contribution in [-0.2, 0) is 6.42 Å². The van der Waals surface area contributed by atoms with Crippen LogP contribution in [0.2, 0.25) is 0 Å². The molecule has 3 aromatic rings. The number of aryl methyl sites for hydroxylation is 1. The van der Waals surface area contributed by atoms with Gasteiger partial charge in [-0.05, 0) is 60.7 Å². The number of carboxylic acids is 1. The average molecular weight is 392 g/mol. The Balaban J connectivity index is 1.50. The second-order valence-corrected chi connectivity index (χ2v) is 7.09. The number of para-hydroxylation sites is 1. The first-order valence-corrected chi connectivity index (χ1v) is 9.58. The summed E-state index contributed by atoms with van der Waals surface area (Å²) in [5.74, 6) is -0.294. The Bertz CT molecular complexity index is 1040. The smallest absolute Gasteiger partial charge is 0.337 e. The molecular formula is C23H21FN2O3. The summed E-state index contributed by atoms with van der Waals surface area (Å²) in [4.78, 5) is 15.4. The molecule has 0 bridgehead atoms. The number of carboxylic acid groups (broad SMARTS) is 1. The van der Waals surface area contributed by atoms with Gasteiger partial charge in [-0.25, -0.2) is 9.18 Å². The van der Waals surface area contributed by atoms with Crippen LogP contribution >= 0.6 is 0 Å². The van der Waals surface area contributed by atoms with Gasteiger partial charge in [-0.3, -0.25) is 4.98 Å². The van der Waals surface area contributed by atoms with Crippen LogP contribution in [0.25, 0.3) is 0 Å². The van der Waals surface area contributed by atoms with Gasteiger partial charge in [0.2, 0.25) is 0 Å². The van der Waals surface area contributed by atoms with Crippen molar-refractivity contribution < 1.29 is 19.0 Å². The summed E-state index contributed by atoms with van der Waals surface area (Å²) in [6.45, 7) is 0.618. The molecule has 29 heavy (non-hydrogen) atoms. The molecule has 0 saturated carbocycles. The lowest BCUT2D eigenvalue weighted by Crippen LogP contribution is -2.19. The molecule has 1 atom stereocenters. The number of pyridine rings is 1. The third-order valence-corrected chi connectivity index (χ3v) is 5.21. The van der Waals surface area contributed by atoms with Crippen molar-refractivity contribution >= 4 is 11.7 Å². The molecule has 1 unspecified atom stereocenters. The van der Waals surface area contributed by atoms with Crippen LogP contribution < -0.4 is 10.1 Å². The van der Waals surface area contributed by atoms with Crippen molar-refractivity contribution in [1.29, 1.82) is 0 Å². The number of aromatic carboxylic acids is 1. The number of ether oxygens (including phenoxy) is 1. The zero-order valence-electron chi connectivity index (χ0n) is 15.8. The number of fused-ring (bicyclic) bond motifs is 1. The average Bonchev–Trinajstić information content (AvgIpc) is 2.74. The summed E-state index contributed by atoms with van der Waals surface area (Å²) >= 11 is 0. The Morgan fingerprint density at radius 2 is 2.10 bits per heavy atom. The maximum absolute atomic E-state index is 13.8. The largest absolute Gasteiger partial charge is 0.478 e. The molecule has 2 N–H and O–H groups in total. The first kappa shape index (κ1) is 18.9. The van der Waals surface area contributed by atoms with E-state index in [2.05, 4.69) is 10.3 Å². The maximum Gasteiger partial charge on any atom is 0.337 e. The minimum atomic E-state index is -0.978. The van der Waals surface area contributed by atoms with Gasteiger partial charge in [0, 0.05) is 18.7 Å². The highest BCUT2D eigenvalue weighted by atomic mass is 19.1. The molecule has 0 aliphatic heterocycles. The number of anilines is 1. The third-order valence-electron chi connectivity index (χ3n) is 5.21. The fourth-order valence-electron chi connectivity index (χ4n) is 3.78. The van der Waals surface area contributed by atoms with E-state index in [1.807, 2.05) is 18.2 Å². The lowest BCUT2D eigenvalue weighted by Gasteiger charge is -2.27. The van der Waals surface area contributed by atoms with E-state index in [0.717, 1.165) is 19.3 Å². The van der Waals surface area contributed by atoms with Gasteiger partial charge in [0.05, 0.1) is 17.4 Å². The van der Waals surface area contributed by atoms with E-state index in [4.69, 9.17) is 4.74 Å². The lowest BCUT2D eigenvalue weighted by molar-refractivity contribution is 0.0697. The molecule has 0 amide bonds. The normalized spacial score (nSPS) is 15.4. The van der Waals surface area contributed by atoms with Crippen molar-refractivity contribution in [3.63, 3.8) is 0 Å². The molecule has 148 valence electrons. The second-order valence-electron chi connectivity index (χ2n) is 7.09. The van der Waals surface area contributed by atoms with Gasteiger partial charge in [-0.1, -0.05) is 18.2 Å². The summed E-state index contributed by atoms with van der Waals surface area (Å²) in [6, 6.07) is 13.7. The number of hydrogen-bond donors (Lipinski definition) is 2. The zero-order chi connectivity index (χ0) is 20.2. The standard InChI is InChI=1S/C23H21FN2O3/c24-20-6-1-2-7-22(20)29-17-8-9-18-15(12-17)4-3-5-16(18)13-26-21-14-25-11-10-19(21)23(27)28/h1-2,6-12,14,16,26H,3-5,13H2,(H,27,28). The molecule has 2 aromatic carbocycles. The number of carbonyl (C=O) groups is 1. The third kappa shape index (κ3) is 4.21. The van der Waals surface area contributed by atoms with E-state index in [9.17, 15) is 14.3 Å². The van der Waals surface area contributed by atoms with Crippen LogP contribution in [0.3, 0.4) is 0 Å². The van der Waals surface area contributed by atoms with Gasteiger partial charge in [-0.2, -0.15) is 0 Å². The zero-order valence-corrected chi connectivity index (χ0v) is 15.8. The summed E-state index contributed by atoms with van der Waals surface area (Å²) in [5.41, 5.74) is 3.13. The van der Waals surface area contributed by atoms with Crippen molar-refractivity contribution in [2.45, 2.75) is 25.2 Å². The number of rotatable bonds is 6. The lowest BCUT2D eigenvalue weighted by atomic mass is 9.82. The molecule has 5 nitrogen and oxygen atoms in total. The number of nitrogens with zero attached hydrogens (tertiary/aromatic N) is 1. The highest BCUT2D eigenvalue weighted by Gasteiger charge is 2.21. The van der Waals surface area contributed by atoms with Crippen LogP contribution in [-0.4, -0.2) is 22.6 Å². The predicted molar refractivity (Wildman–Crippen MR) is 108 cm³/mol. The number of aromatic nitrogens is 1. The maximum atomic E-state index is 13.8. The number of benzene rings is 2. The van der Waals surface area contributed by atoms with Crippen LogP contribution in [0.1, 0.15) is 40.2 Å². The van der Waals surface area contributed by atoms with Crippen molar-refractivity contribution in [3.8, 4) is 11.5 Å². The van der Waals surface area contributed by atoms with Crippen LogP contribution in [0, 0.1) is 5.82 Å². The van der Waals surface area contributed by atoms with E-state index >= 15 is 0 Å². The van der Waals surface area contributed by atoms with Gasteiger partial charge >= 0.3 is 5.97 Å². The summed E-state index contributed by atoms with van der Waals surface area (Å²) < 4.78 is 19.6. The van der Waals surface area contributed by atoms with Crippen molar-refractivity contribution in [2.75, 3.05) is 11.9 Å². The minimum Gasteiger partial charge on any atom is -0.478 e. The van der Waals surface area contributed by atoms with E-state index in [0.29, 0.717) is 18.0 Å². The van der Waals surface area contributed by atoms with E-state index in [1.165, 1.54) is 29.5 Å². The monoisotopic (exact) mass is 392 g/mol. The quantitative estimate of drug-likeness (QED) is 0.600. The Morgan fingerprint density at radius 3 is 2.93 bits per heavy atom. The Labute approximate surface area is 168 Å². The number of nitrogens with one attached hydrogen (secondary N) is 1. The molecule has 4 rings (SSSR count). The van der Waals surface area contributed by atoms with Crippen LogP contribution in [0.15, 0.2) is 60.9 Å².